The first-order chi connectivity index (χ1) is 5.36. The summed E-state index contributed by atoms with van der Waals surface area (Å²) in [5.41, 5.74) is 0.582. The van der Waals surface area contributed by atoms with Gasteiger partial charge >= 0.3 is 0 Å². The zero-order valence-corrected chi connectivity index (χ0v) is 9.11. The third-order valence-corrected chi connectivity index (χ3v) is 3.39. The molecule has 0 radical (unpaired) electrons. The van der Waals surface area contributed by atoms with Gasteiger partial charge in [0.25, 0.3) is 0 Å². The lowest BCUT2D eigenvalue weighted by Crippen LogP contribution is -2.42. The molecule has 0 unspecified atom stereocenters. The van der Waals surface area contributed by atoms with Crippen molar-refractivity contribution in [2.45, 2.75) is 53.1 Å². The van der Waals surface area contributed by atoms with E-state index in [1.54, 1.807) is 0 Å². The highest BCUT2D eigenvalue weighted by molar-refractivity contribution is 4.88. The van der Waals surface area contributed by atoms with Gasteiger partial charge in [0.2, 0.25) is 0 Å². The van der Waals surface area contributed by atoms with Gasteiger partial charge in [0.1, 0.15) is 0 Å². The van der Waals surface area contributed by atoms with Crippen molar-refractivity contribution in [3.8, 4) is 0 Å². The van der Waals surface area contributed by atoms with Gasteiger partial charge < -0.3 is 4.74 Å². The van der Waals surface area contributed by atoms with Crippen LogP contribution in [-0.2, 0) is 4.74 Å². The van der Waals surface area contributed by atoms with E-state index in [-0.39, 0.29) is 5.60 Å². The fourth-order valence-electron chi connectivity index (χ4n) is 2.17. The van der Waals surface area contributed by atoms with Crippen LogP contribution in [-0.4, -0.2) is 12.2 Å². The molecule has 1 fully saturated rings. The Hall–Kier alpha value is -0.0400. The van der Waals surface area contributed by atoms with Gasteiger partial charge in [-0.3, -0.25) is 0 Å². The van der Waals surface area contributed by atoms with Crippen LogP contribution in [0.5, 0.6) is 0 Å². The molecule has 0 bridgehead atoms. The summed E-state index contributed by atoms with van der Waals surface area (Å²) >= 11 is 0. The zero-order valence-electron chi connectivity index (χ0n) is 9.11. The summed E-state index contributed by atoms with van der Waals surface area (Å²) < 4.78 is 5.71. The third-order valence-electron chi connectivity index (χ3n) is 3.39. The molecule has 1 atom stereocenters. The highest BCUT2D eigenvalue weighted by Gasteiger charge is 2.39. The van der Waals surface area contributed by atoms with Crippen LogP contribution in [0.1, 0.15) is 47.5 Å². The molecule has 0 saturated carbocycles. The monoisotopic (exact) mass is 170 g/mol. The van der Waals surface area contributed by atoms with E-state index in [0.717, 1.165) is 12.5 Å². The van der Waals surface area contributed by atoms with Gasteiger partial charge in [0.15, 0.2) is 0 Å². The second-order valence-corrected chi connectivity index (χ2v) is 5.34. The molecule has 0 aromatic heterocycles. The van der Waals surface area contributed by atoms with Crippen molar-refractivity contribution in [2.24, 2.45) is 11.3 Å². The lowest BCUT2D eigenvalue weighted by atomic mass is 9.68. The molecule has 1 nitrogen and oxygen atoms in total. The van der Waals surface area contributed by atoms with Crippen molar-refractivity contribution in [3.05, 3.63) is 0 Å². The molecule has 0 N–H and O–H groups in total. The first-order valence-electron chi connectivity index (χ1n) is 5.00. The Kier molecular flexibility index (Phi) is 2.53. The Morgan fingerprint density at radius 2 is 1.75 bits per heavy atom. The van der Waals surface area contributed by atoms with Crippen molar-refractivity contribution in [1.82, 2.24) is 0 Å². The summed E-state index contributed by atoms with van der Waals surface area (Å²) in [6, 6.07) is 0. The van der Waals surface area contributed by atoms with Crippen LogP contribution in [0.2, 0.25) is 0 Å². The topological polar surface area (TPSA) is 9.23 Å². The number of hydrogen-bond acceptors (Lipinski definition) is 1. The SMILES string of the molecule is CC(C)[C@@]1(C)CCOC(C)(C)C1. The largest absolute Gasteiger partial charge is 0.376 e. The smallest absolute Gasteiger partial charge is 0.0631 e. The minimum Gasteiger partial charge on any atom is -0.376 e. The highest BCUT2D eigenvalue weighted by Crippen LogP contribution is 2.43. The molecule has 0 aromatic rings. The van der Waals surface area contributed by atoms with Crippen molar-refractivity contribution >= 4 is 0 Å². The van der Waals surface area contributed by atoms with Crippen LogP contribution in [0.15, 0.2) is 0 Å². The average Bonchev–Trinajstić information content (AvgIpc) is 1.83. The second kappa shape index (κ2) is 3.02. The van der Waals surface area contributed by atoms with Crippen LogP contribution in [0.4, 0.5) is 0 Å². The van der Waals surface area contributed by atoms with Crippen molar-refractivity contribution in [3.63, 3.8) is 0 Å². The maximum Gasteiger partial charge on any atom is 0.0631 e. The van der Waals surface area contributed by atoms with E-state index in [2.05, 4.69) is 34.6 Å². The summed E-state index contributed by atoms with van der Waals surface area (Å²) in [7, 11) is 0. The number of hydrogen-bond donors (Lipinski definition) is 0. The van der Waals surface area contributed by atoms with E-state index in [9.17, 15) is 0 Å². The average molecular weight is 170 g/mol. The number of rotatable bonds is 1. The standard InChI is InChI=1S/C11H22O/c1-9(2)11(5)6-7-12-10(3,4)8-11/h9H,6-8H2,1-5H3/t11-/m0/s1. The summed E-state index contributed by atoms with van der Waals surface area (Å²) in [4.78, 5) is 0. The quantitative estimate of drug-likeness (QED) is 0.587. The lowest BCUT2D eigenvalue weighted by molar-refractivity contribution is -0.112. The van der Waals surface area contributed by atoms with E-state index < -0.39 is 0 Å². The Bertz CT molecular complexity index is 160. The van der Waals surface area contributed by atoms with E-state index in [1.165, 1.54) is 12.8 Å². The Labute approximate surface area is 76.5 Å². The molecule has 1 aliphatic rings. The zero-order chi connectivity index (χ0) is 9.41. The summed E-state index contributed by atoms with van der Waals surface area (Å²) in [5.74, 6) is 0.765. The molecule has 1 aliphatic heterocycles. The van der Waals surface area contributed by atoms with E-state index in [0.29, 0.717) is 5.41 Å². The molecular formula is C11H22O. The molecule has 0 amide bonds. The van der Waals surface area contributed by atoms with Crippen LogP contribution in [0, 0.1) is 11.3 Å². The maximum absolute atomic E-state index is 5.71. The van der Waals surface area contributed by atoms with Crippen LogP contribution in [0.25, 0.3) is 0 Å². The first kappa shape index (κ1) is 10.0. The summed E-state index contributed by atoms with van der Waals surface area (Å²) in [5, 5.41) is 0. The molecule has 1 heterocycles. The predicted octanol–water partition coefficient (Wildman–Crippen LogP) is 3.24. The summed E-state index contributed by atoms with van der Waals surface area (Å²) in [6.45, 7) is 12.4. The van der Waals surface area contributed by atoms with Crippen molar-refractivity contribution in [2.75, 3.05) is 6.61 Å². The van der Waals surface area contributed by atoms with Gasteiger partial charge in [-0.15, -0.1) is 0 Å². The van der Waals surface area contributed by atoms with Gasteiger partial charge in [0.05, 0.1) is 5.60 Å². The molecule has 1 heteroatoms. The molecule has 0 spiro atoms. The van der Waals surface area contributed by atoms with E-state index in [1.807, 2.05) is 0 Å². The Balaban J connectivity index is 2.68. The minimum absolute atomic E-state index is 0.0945. The van der Waals surface area contributed by atoms with Gasteiger partial charge in [-0.2, -0.15) is 0 Å². The molecule has 72 valence electrons. The fraction of sp³-hybridized carbons (Fsp3) is 1.00. The minimum atomic E-state index is 0.0945. The summed E-state index contributed by atoms with van der Waals surface area (Å²) in [6.07, 6.45) is 2.41. The second-order valence-electron chi connectivity index (χ2n) is 5.34. The van der Waals surface area contributed by atoms with Crippen LogP contribution in [0.3, 0.4) is 0 Å². The molecule has 0 aliphatic carbocycles. The lowest BCUT2D eigenvalue weighted by Gasteiger charge is -2.45. The number of ether oxygens (including phenoxy) is 1. The normalized spacial score (nSPS) is 35.5. The molecular weight excluding hydrogens is 148 g/mol. The Morgan fingerprint density at radius 1 is 1.17 bits per heavy atom. The first-order valence-corrected chi connectivity index (χ1v) is 5.00. The maximum atomic E-state index is 5.71. The van der Waals surface area contributed by atoms with E-state index in [4.69, 9.17) is 4.74 Å². The van der Waals surface area contributed by atoms with Gasteiger partial charge in [0, 0.05) is 6.61 Å². The molecule has 1 saturated heterocycles. The van der Waals surface area contributed by atoms with Crippen LogP contribution < -0.4 is 0 Å². The fourth-order valence-corrected chi connectivity index (χ4v) is 2.17. The molecule has 1 rings (SSSR count). The highest BCUT2D eigenvalue weighted by atomic mass is 16.5. The molecule has 0 aromatic carbocycles. The van der Waals surface area contributed by atoms with Crippen molar-refractivity contribution < 1.29 is 4.74 Å². The van der Waals surface area contributed by atoms with Crippen LogP contribution >= 0.6 is 0 Å². The van der Waals surface area contributed by atoms with Gasteiger partial charge in [-0.05, 0) is 38.0 Å². The third kappa shape index (κ3) is 2.01. The predicted molar refractivity (Wildman–Crippen MR) is 52.2 cm³/mol. The van der Waals surface area contributed by atoms with Crippen molar-refractivity contribution in [1.29, 1.82) is 0 Å². The van der Waals surface area contributed by atoms with Gasteiger partial charge in [-0.25, -0.2) is 0 Å². The van der Waals surface area contributed by atoms with Gasteiger partial charge in [-0.1, -0.05) is 20.8 Å². The Morgan fingerprint density at radius 3 is 2.08 bits per heavy atom. The van der Waals surface area contributed by atoms with E-state index >= 15 is 0 Å². The molecule has 12 heavy (non-hydrogen) atoms.